The Morgan fingerprint density at radius 2 is 0.821 bits per heavy atom. The summed E-state index contributed by atoms with van der Waals surface area (Å²) in [5.41, 5.74) is 4.56. The molecule has 1 unspecified atom stereocenters. The van der Waals surface area contributed by atoms with Gasteiger partial charge in [0.1, 0.15) is 18.3 Å². The fourth-order valence-electron chi connectivity index (χ4n) is 12.6. The number of hydrogen-bond acceptors (Lipinski definition) is 19. The van der Waals surface area contributed by atoms with E-state index in [1.807, 2.05) is 101 Å². The summed E-state index contributed by atoms with van der Waals surface area (Å²) in [5, 5.41) is 37.1. The van der Waals surface area contributed by atoms with Crippen LogP contribution in [0.2, 0.25) is 0 Å². The number of benzene rings is 3. The minimum absolute atomic E-state index is 0. The van der Waals surface area contributed by atoms with Gasteiger partial charge in [0.05, 0.1) is 103 Å². The molecule has 0 spiro atoms. The summed E-state index contributed by atoms with van der Waals surface area (Å²) in [6, 6.07) is 32.5. The number of hydrogen-bond donors (Lipinski definition) is 1. The molecule has 3 aliphatic heterocycles. The Hall–Kier alpha value is -8.11. The third-order valence-corrected chi connectivity index (χ3v) is 19.0. The Balaban J connectivity index is 0.000000212. The minimum Gasteiger partial charge on any atom is -1.00 e. The molecule has 9 aromatic rings. The molecule has 3 saturated heterocycles. The second kappa shape index (κ2) is 39.7. The topological polar surface area (TPSA) is 286 Å². The van der Waals surface area contributed by atoms with E-state index in [9.17, 15) is 29.1 Å². The first-order valence-electron chi connectivity index (χ1n) is 34.6. The number of piperidine rings is 3. The summed E-state index contributed by atoms with van der Waals surface area (Å²) in [7, 11) is 2.96. The van der Waals surface area contributed by atoms with Crippen LogP contribution in [0.15, 0.2) is 165 Å². The number of likely N-dealkylation sites (tertiary alicyclic amines) is 3. The summed E-state index contributed by atoms with van der Waals surface area (Å²) in [6.45, 7) is 9.32. The Morgan fingerprint density at radius 1 is 0.481 bits per heavy atom. The number of aliphatic hydroxyl groups is 1. The van der Waals surface area contributed by atoms with Crippen LogP contribution < -0.4 is 48.2 Å². The van der Waals surface area contributed by atoms with E-state index < -0.39 is 5.60 Å². The van der Waals surface area contributed by atoms with Crippen LogP contribution >= 0.6 is 0 Å². The minimum atomic E-state index is -0.867. The van der Waals surface area contributed by atoms with Crippen molar-refractivity contribution in [3.63, 3.8) is 0 Å². The van der Waals surface area contributed by atoms with E-state index >= 15 is 0 Å². The average Bonchev–Trinajstić information content (AvgIpc) is 1.65. The van der Waals surface area contributed by atoms with Crippen LogP contribution in [0.5, 0.6) is 17.6 Å². The third kappa shape index (κ3) is 21.6. The van der Waals surface area contributed by atoms with Gasteiger partial charge in [-0.15, -0.1) is 0 Å². The zero-order valence-corrected chi connectivity index (χ0v) is 66.8. The van der Waals surface area contributed by atoms with Crippen molar-refractivity contribution in [2.75, 3.05) is 33.8 Å². The first-order valence-corrected chi connectivity index (χ1v) is 34.6. The maximum absolute atomic E-state index is 13.5. The predicted octanol–water partition coefficient (Wildman–Crippen LogP) is 3.73. The molecule has 30 heteroatoms. The van der Waals surface area contributed by atoms with Gasteiger partial charge in [-0.05, 0) is 158 Å². The molecule has 6 aliphatic rings. The Bertz CT molecular complexity index is 4300. The molecule has 550 valence electrons. The maximum Gasteiger partial charge on any atom is 2.00 e. The summed E-state index contributed by atoms with van der Waals surface area (Å²) in [4.78, 5) is 93.0. The molecule has 7 atom stereocenters. The van der Waals surface area contributed by atoms with Crippen LogP contribution in [0.3, 0.4) is 0 Å². The normalized spacial score (nSPS) is 19.6. The number of nitrogens with zero attached hydrogens (tertiary/aromatic N) is 16. The van der Waals surface area contributed by atoms with Gasteiger partial charge >= 0.3 is 46.1 Å². The van der Waals surface area contributed by atoms with E-state index in [4.69, 9.17) is 19.0 Å². The largest absolute Gasteiger partial charge is 2.00 e. The molecule has 3 aliphatic carbocycles. The SMILES string of the molecule is CON(C)C(=O)c1ccnc(O[C@@H]2CC[C@@H](C)N(C(=O)c3ccccc3-n3nccn3)C2)c1.C[C@@H]1CC[C@@H](Oc2cc(C(=O)C3CC3)ccn2)CN1C(=O)c1ccccc1-n1nccn1.C[C@@H]1CC[C@@H](Oc2cc(C(C)(O)C3CC3)ccn2)CN1C(=O)c1ccccc1-n1nccn1.[Br-].[Br-].[CH-]1CC1.[CH3-].[Mg+2].[Mg+2]. The van der Waals surface area contributed by atoms with Gasteiger partial charge in [0, 0.05) is 79.0 Å². The molecule has 3 aromatic carbocycles. The fourth-order valence-corrected chi connectivity index (χ4v) is 12.6. The third-order valence-electron chi connectivity index (χ3n) is 19.0. The van der Waals surface area contributed by atoms with E-state index in [2.05, 4.69) is 65.8 Å². The number of para-hydroxylation sites is 3. The Labute approximate surface area is 671 Å². The van der Waals surface area contributed by atoms with Crippen LogP contribution in [0, 0.1) is 25.7 Å². The molecule has 4 amide bonds. The zero-order chi connectivity index (χ0) is 70.6. The molecule has 3 saturated carbocycles. The van der Waals surface area contributed by atoms with E-state index in [1.165, 1.54) is 47.6 Å². The van der Waals surface area contributed by atoms with Crippen molar-refractivity contribution in [3.8, 4) is 34.7 Å². The predicted molar refractivity (Wildman–Crippen MR) is 389 cm³/mol. The van der Waals surface area contributed by atoms with E-state index in [-0.39, 0.29) is 159 Å². The molecule has 26 nitrogen and oxygen atoms in total. The number of halogens is 2. The van der Waals surface area contributed by atoms with Gasteiger partial charge in [-0.3, -0.25) is 28.8 Å². The standard InChI is InChI=1S/C25H29N5O3.C24H25N5O3.C23H26N6O4.C3H5.CH3.2BrH.2Mg/c1-17-7-10-20(33-23-15-19(11-12-26-23)25(2,32)18-8-9-18)16-29(17)24(31)21-5-3-4-6-22(21)30-27-13-14-28-30;1-16-6-9-19(32-22-14-18(10-11-25-22)23(30)17-7-8-17)15-28(16)24(31)20-4-2-3-5-21(20)29-26-12-13-27-29;1-16-8-9-18(33-21-14-17(10-11-24-21)22(30)27(2)32-3)15-28(16)23(31)19-6-4-5-7-20(19)29-25-12-13-26-29;1-2-3-1;;;;;/h3-6,11-15,17-18,20,32H,7-10,16H2,1-2H3;2-5,10-14,16-17,19H,6-9,15H2,1H3;4-7,10-14,16,18H,8-9,15H2,1-3H3;1H,2-3H2;1H3;2*1H;;/q;;;2*-1;;;2*+2/p-2/t17-,20-,25?;16-,19-;16-,18-;;;;;;/m111....../s1. The second-order valence-corrected chi connectivity index (χ2v) is 26.4. The van der Waals surface area contributed by atoms with Gasteiger partial charge in [0.15, 0.2) is 5.78 Å². The van der Waals surface area contributed by atoms with Crippen molar-refractivity contribution in [1.82, 2.24) is 79.7 Å². The van der Waals surface area contributed by atoms with Crippen LogP contribution in [-0.4, -0.2) is 231 Å². The number of hydroxylamine groups is 2. The molecule has 6 aromatic heterocycles. The first-order chi connectivity index (χ1) is 49.0. The molecule has 9 heterocycles. The summed E-state index contributed by atoms with van der Waals surface area (Å²) in [5.74, 6) is 1.30. The number of ketones is 1. The molecule has 1 N–H and O–H groups in total. The van der Waals surface area contributed by atoms with Crippen molar-refractivity contribution in [1.29, 1.82) is 0 Å². The van der Waals surface area contributed by atoms with Crippen molar-refractivity contribution < 1.29 is 82.1 Å². The number of pyridine rings is 3. The van der Waals surface area contributed by atoms with Gasteiger partial charge in [0.25, 0.3) is 23.6 Å². The summed E-state index contributed by atoms with van der Waals surface area (Å²) in [6.07, 6.45) is 27.6. The zero-order valence-electron chi connectivity index (χ0n) is 60.8. The number of rotatable bonds is 18. The molecule has 15 rings (SSSR count). The van der Waals surface area contributed by atoms with Crippen LogP contribution in [0.25, 0.3) is 17.1 Å². The number of carbonyl (C=O) groups excluding carboxylic acids is 5. The van der Waals surface area contributed by atoms with Gasteiger partial charge in [0.2, 0.25) is 17.6 Å². The second-order valence-electron chi connectivity index (χ2n) is 26.4. The Kier molecular flexibility index (Phi) is 31.9. The summed E-state index contributed by atoms with van der Waals surface area (Å²) < 4.78 is 18.4. The van der Waals surface area contributed by atoms with Gasteiger partial charge in [-0.1, -0.05) is 36.4 Å². The fraction of sp³-hybridized carbons (Fsp3) is 0.395. The molecule has 0 radical (unpaired) electrons. The van der Waals surface area contributed by atoms with Gasteiger partial charge < -0.3 is 81.8 Å². The van der Waals surface area contributed by atoms with Crippen molar-refractivity contribution in [2.45, 2.75) is 147 Å². The van der Waals surface area contributed by atoms with Gasteiger partial charge in [-0.25, -0.2) is 32.9 Å². The molecule has 0 bridgehead atoms. The van der Waals surface area contributed by atoms with Crippen LogP contribution in [0.4, 0.5) is 0 Å². The van der Waals surface area contributed by atoms with Gasteiger partial charge in [-0.2, -0.15) is 45.0 Å². The number of aromatic nitrogens is 12. The summed E-state index contributed by atoms with van der Waals surface area (Å²) >= 11 is 0. The van der Waals surface area contributed by atoms with Crippen molar-refractivity contribution in [3.05, 3.63) is 212 Å². The molecular weight excluding hydrogens is 1510 g/mol. The maximum atomic E-state index is 13.5. The Morgan fingerprint density at radius 3 is 1.17 bits per heavy atom. The van der Waals surface area contributed by atoms with Crippen LogP contribution in [-0.2, 0) is 10.4 Å². The van der Waals surface area contributed by atoms with E-state index in [0.29, 0.717) is 88.1 Å². The average molecular weight is 1590 g/mol. The van der Waals surface area contributed by atoms with Crippen LogP contribution in [0.1, 0.15) is 162 Å². The van der Waals surface area contributed by atoms with E-state index in [1.54, 1.807) is 86.0 Å². The smallest absolute Gasteiger partial charge is 1.00 e. The number of amides is 4. The molecule has 106 heavy (non-hydrogen) atoms. The quantitative estimate of drug-likeness (QED) is 0.0554. The number of ether oxygens (including phenoxy) is 3. The number of Topliss-reactive ketones (excluding diaryl/α,β-unsaturated/α-hetero) is 1. The monoisotopic (exact) mass is 1590 g/mol. The first kappa shape index (κ1) is 85.1. The van der Waals surface area contributed by atoms with Crippen molar-refractivity contribution in [2.24, 2.45) is 11.8 Å². The number of carbonyl (C=O) groups is 5. The van der Waals surface area contributed by atoms with E-state index in [0.717, 1.165) is 74.8 Å². The molecule has 6 fully saturated rings. The van der Waals surface area contributed by atoms with Crippen molar-refractivity contribution >= 4 is 75.5 Å². The molecular formula is C76H88Br2Mg2N16O10.